The molecule has 2 rings (SSSR count). The highest BCUT2D eigenvalue weighted by Crippen LogP contribution is 2.35. The predicted octanol–water partition coefficient (Wildman–Crippen LogP) is 3.47. The number of hydrogen-bond donors (Lipinski definition) is 0. The van der Waals surface area contributed by atoms with Gasteiger partial charge in [-0.2, -0.15) is 0 Å². The van der Waals surface area contributed by atoms with Crippen molar-refractivity contribution in [2.24, 2.45) is 5.92 Å². The molecule has 1 saturated heterocycles. The number of amides is 1. The monoisotopic (exact) mass is 260 g/mol. The van der Waals surface area contributed by atoms with Crippen LogP contribution in [0.1, 0.15) is 63.0 Å². The van der Waals surface area contributed by atoms with Crippen molar-refractivity contribution in [3.05, 3.63) is 29.6 Å². The van der Waals surface area contributed by atoms with Gasteiger partial charge in [-0.05, 0) is 44.2 Å². The van der Waals surface area contributed by atoms with Crippen molar-refractivity contribution in [3.8, 4) is 0 Å². The fourth-order valence-electron chi connectivity index (χ4n) is 2.65. The van der Waals surface area contributed by atoms with Crippen LogP contribution in [0.3, 0.4) is 0 Å². The lowest BCUT2D eigenvalue weighted by atomic mass is 9.90. The van der Waals surface area contributed by atoms with E-state index in [1.165, 1.54) is 0 Å². The second-order valence-electron chi connectivity index (χ2n) is 6.42. The SMILES string of the molecule is CC(C)c1cc(C(=O)N2CCC(C)C2(C)C)ccn1. The number of aromatic nitrogens is 1. The molecule has 0 aromatic carbocycles. The molecule has 1 aliphatic heterocycles. The summed E-state index contributed by atoms with van der Waals surface area (Å²) in [4.78, 5) is 19.0. The Kier molecular flexibility index (Phi) is 3.66. The number of hydrogen-bond acceptors (Lipinski definition) is 2. The maximum absolute atomic E-state index is 12.7. The number of rotatable bonds is 2. The Balaban J connectivity index is 2.28. The molecule has 1 amide bonds. The van der Waals surface area contributed by atoms with Gasteiger partial charge < -0.3 is 4.90 Å². The van der Waals surface area contributed by atoms with Gasteiger partial charge in [-0.1, -0.05) is 20.8 Å². The lowest BCUT2D eigenvalue weighted by Crippen LogP contribution is -2.45. The molecule has 3 nitrogen and oxygen atoms in total. The van der Waals surface area contributed by atoms with Gasteiger partial charge in [-0.25, -0.2) is 0 Å². The summed E-state index contributed by atoms with van der Waals surface area (Å²) in [5.74, 6) is 1.03. The molecule has 1 fully saturated rings. The topological polar surface area (TPSA) is 33.2 Å². The lowest BCUT2D eigenvalue weighted by molar-refractivity contribution is 0.0611. The summed E-state index contributed by atoms with van der Waals surface area (Å²) in [6, 6.07) is 3.76. The Morgan fingerprint density at radius 1 is 1.47 bits per heavy atom. The molecule has 0 N–H and O–H groups in total. The highest BCUT2D eigenvalue weighted by molar-refractivity contribution is 5.95. The zero-order chi connectivity index (χ0) is 14.2. The molecular weight excluding hydrogens is 236 g/mol. The summed E-state index contributed by atoms with van der Waals surface area (Å²) in [6.07, 6.45) is 2.83. The maximum Gasteiger partial charge on any atom is 0.254 e. The average Bonchev–Trinajstić information content (AvgIpc) is 2.63. The molecule has 0 radical (unpaired) electrons. The van der Waals surface area contributed by atoms with Crippen LogP contribution in [-0.2, 0) is 0 Å². The van der Waals surface area contributed by atoms with Crippen molar-refractivity contribution < 1.29 is 4.79 Å². The molecule has 1 atom stereocenters. The van der Waals surface area contributed by atoms with Gasteiger partial charge in [-0.3, -0.25) is 9.78 Å². The second kappa shape index (κ2) is 4.95. The highest BCUT2D eigenvalue weighted by Gasteiger charge is 2.41. The minimum absolute atomic E-state index is 0.0572. The molecule has 1 unspecified atom stereocenters. The van der Waals surface area contributed by atoms with Gasteiger partial charge in [0.05, 0.1) is 0 Å². The molecule has 1 aliphatic rings. The molecule has 1 aromatic heterocycles. The third-order valence-corrected chi connectivity index (χ3v) is 4.55. The Morgan fingerprint density at radius 2 is 2.16 bits per heavy atom. The van der Waals surface area contributed by atoms with Gasteiger partial charge in [-0.15, -0.1) is 0 Å². The number of carbonyl (C=O) groups is 1. The van der Waals surface area contributed by atoms with E-state index in [0.717, 1.165) is 24.2 Å². The first-order valence-corrected chi connectivity index (χ1v) is 7.12. The Bertz CT molecular complexity index is 479. The van der Waals surface area contributed by atoms with Crippen LogP contribution in [-0.4, -0.2) is 27.9 Å². The van der Waals surface area contributed by atoms with Crippen molar-refractivity contribution in [1.29, 1.82) is 0 Å². The van der Waals surface area contributed by atoms with E-state index in [1.54, 1.807) is 6.20 Å². The van der Waals surface area contributed by atoms with Gasteiger partial charge in [0.2, 0.25) is 0 Å². The van der Waals surface area contributed by atoms with E-state index >= 15 is 0 Å². The van der Waals surface area contributed by atoms with Crippen LogP contribution >= 0.6 is 0 Å². The van der Waals surface area contributed by atoms with E-state index < -0.39 is 0 Å². The Labute approximate surface area is 116 Å². The van der Waals surface area contributed by atoms with E-state index in [2.05, 4.69) is 39.6 Å². The van der Waals surface area contributed by atoms with E-state index in [-0.39, 0.29) is 11.4 Å². The van der Waals surface area contributed by atoms with Crippen molar-refractivity contribution >= 4 is 5.91 Å². The minimum atomic E-state index is -0.0572. The minimum Gasteiger partial charge on any atom is -0.333 e. The second-order valence-corrected chi connectivity index (χ2v) is 6.42. The zero-order valence-corrected chi connectivity index (χ0v) is 12.6. The molecular formula is C16H24N2O. The largest absolute Gasteiger partial charge is 0.333 e. The molecule has 104 valence electrons. The fourth-order valence-corrected chi connectivity index (χ4v) is 2.65. The smallest absolute Gasteiger partial charge is 0.254 e. The quantitative estimate of drug-likeness (QED) is 0.815. The zero-order valence-electron chi connectivity index (χ0n) is 12.6. The van der Waals surface area contributed by atoms with Gasteiger partial charge in [0.25, 0.3) is 5.91 Å². The molecule has 19 heavy (non-hydrogen) atoms. The molecule has 2 heterocycles. The molecule has 3 heteroatoms. The first kappa shape index (κ1) is 14.0. The highest BCUT2D eigenvalue weighted by atomic mass is 16.2. The van der Waals surface area contributed by atoms with Gasteiger partial charge in [0, 0.05) is 29.5 Å². The summed E-state index contributed by atoms with van der Waals surface area (Å²) < 4.78 is 0. The van der Waals surface area contributed by atoms with Crippen LogP contribution in [0, 0.1) is 5.92 Å². The summed E-state index contributed by atoms with van der Waals surface area (Å²) in [5, 5.41) is 0. The summed E-state index contributed by atoms with van der Waals surface area (Å²) in [6.45, 7) is 11.6. The van der Waals surface area contributed by atoms with E-state index in [1.807, 2.05) is 17.0 Å². The molecule has 0 bridgehead atoms. The van der Waals surface area contributed by atoms with Crippen molar-refractivity contribution in [2.75, 3.05) is 6.54 Å². The van der Waals surface area contributed by atoms with Crippen molar-refractivity contribution in [3.63, 3.8) is 0 Å². The number of carbonyl (C=O) groups excluding carboxylic acids is 1. The van der Waals surface area contributed by atoms with Crippen LogP contribution in [0.25, 0.3) is 0 Å². The molecule has 1 aromatic rings. The number of likely N-dealkylation sites (tertiary alicyclic amines) is 1. The van der Waals surface area contributed by atoms with Gasteiger partial charge in [0.15, 0.2) is 0 Å². The van der Waals surface area contributed by atoms with Crippen LogP contribution in [0.15, 0.2) is 18.3 Å². The summed E-state index contributed by atoms with van der Waals surface area (Å²) in [5.41, 5.74) is 1.69. The van der Waals surface area contributed by atoms with Crippen LogP contribution in [0.2, 0.25) is 0 Å². The standard InChI is InChI=1S/C16H24N2O/c1-11(2)14-10-13(6-8-17-14)15(19)18-9-7-12(3)16(18,4)5/h6,8,10-12H,7,9H2,1-5H3. The predicted molar refractivity (Wildman–Crippen MR) is 77.2 cm³/mol. The Hall–Kier alpha value is -1.38. The van der Waals surface area contributed by atoms with Crippen molar-refractivity contribution in [2.45, 2.75) is 52.5 Å². The van der Waals surface area contributed by atoms with Crippen LogP contribution < -0.4 is 0 Å². The average molecular weight is 260 g/mol. The van der Waals surface area contributed by atoms with Crippen LogP contribution in [0.4, 0.5) is 0 Å². The first-order chi connectivity index (χ1) is 8.84. The van der Waals surface area contributed by atoms with E-state index in [4.69, 9.17) is 0 Å². The number of pyridine rings is 1. The Morgan fingerprint density at radius 3 is 2.68 bits per heavy atom. The summed E-state index contributed by atoms with van der Waals surface area (Å²) >= 11 is 0. The third kappa shape index (κ3) is 2.51. The fraction of sp³-hybridized carbons (Fsp3) is 0.625. The van der Waals surface area contributed by atoms with E-state index in [0.29, 0.717) is 11.8 Å². The van der Waals surface area contributed by atoms with Gasteiger partial charge in [0.1, 0.15) is 0 Å². The van der Waals surface area contributed by atoms with E-state index in [9.17, 15) is 4.79 Å². The molecule has 0 spiro atoms. The summed E-state index contributed by atoms with van der Waals surface area (Å²) in [7, 11) is 0. The molecule has 0 saturated carbocycles. The molecule has 0 aliphatic carbocycles. The van der Waals surface area contributed by atoms with Crippen LogP contribution in [0.5, 0.6) is 0 Å². The van der Waals surface area contributed by atoms with Gasteiger partial charge >= 0.3 is 0 Å². The first-order valence-electron chi connectivity index (χ1n) is 7.12. The third-order valence-electron chi connectivity index (χ3n) is 4.55. The number of nitrogens with zero attached hydrogens (tertiary/aromatic N) is 2. The normalized spacial score (nSPS) is 22.0. The maximum atomic E-state index is 12.7. The van der Waals surface area contributed by atoms with Crippen molar-refractivity contribution in [1.82, 2.24) is 9.88 Å². The lowest BCUT2D eigenvalue weighted by Gasteiger charge is -2.35.